The summed E-state index contributed by atoms with van der Waals surface area (Å²) >= 11 is 0. The molecule has 0 bridgehead atoms. The van der Waals surface area contributed by atoms with Gasteiger partial charge in [-0.05, 0) is 24.6 Å². The minimum atomic E-state index is -1.72. The molecule has 7 N–H and O–H groups in total. The van der Waals surface area contributed by atoms with Gasteiger partial charge in [0.05, 0.1) is 34.0 Å². The average molecular weight is 977 g/mol. The maximum Gasteiger partial charge on any atom is 0.306 e. The molecule has 12 unspecified atom stereocenters. The van der Waals surface area contributed by atoms with Gasteiger partial charge in [0, 0.05) is 30.2 Å². The van der Waals surface area contributed by atoms with Gasteiger partial charge in [-0.3, -0.25) is 9.59 Å². The lowest BCUT2D eigenvalue weighted by Crippen LogP contribution is -2.63. The second-order valence-corrected chi connectivity index (χ2v) is 18.1. The Labute approximate surface area is 402 Å². The molecule has 0 saturated carbocycles. The van der Waals surface area contributed by atoms with Crippen LogP contribution in [0.1, 0.15) is 110 Å². The first-order valence-electron chi connectivity index (χ1n) is 24.5. The molecule has 0 radical (unpaired) electrons. The average Bonchev–Trinajstić information content (AvgIpc) is 3.33. The Morgan fingerprint density at radius 2 is 1.12 bits per heavy atom. The van der Waals surface area contributed by atoms with Crippen LogP contribution in [0.5, 0.6) is 23.0 Å². The van der Waals surface area contributed by atoms with E-state index in [0.717, 1.165) is 25.7 Å². The second kappa shape index (κ2) is 26.9. The van der Waals surface area contributed by atoms with Crippen LogP contribution in [0.4, 0.5) is 0 Å². The molecule has 386 valence electrons. The fraction of sp³-hybridized carbons (Fsp3) is 0.680. The largest absolute Gasteiger partial charge is 0.507 e. The van der Waals surface area contributed by atoms with E-state index in [2.05, 4.69) is 6.92 Å². The number of fused-ring (bicyclic) bond motifs is 1. The van der Waals surface area contributed by atoms with Gasteiger partial charge in [0.2, 0.25) is 6.29 Å². The molecule has 0 spiro atoms. The van der Waals surface area contributed by atoms with Crippen molar-refractivity contribution in [2.24, 2.45) is 0 Å². The number of hydrogen-bond donors (Lipinski definition) is 7. The van der Waals surface area contributed by atoms with Gasteiger partial charge in [-0.1, -0.05) is 96.8 Å². The fourth-order valence-electron chi connectivity index (χ4n) is 8.76. The number of phenols is 1. The van der Waals surface area contributed by atoms with Gasteiger partial charge >= 0.3 is 5.97 Å². The van der Waals surface area contributed by atoms with Gasteiger partial charge in [0.25, 0.3) is 0 Å². The van der Waals surface area contributed by atoms with Gasteiger partial charge < -0.3 is 82.8 Å². The van der Waals surface area contributed by atoms with Gasteiger partial charge in [-0.15, -0.1) is 0 Å². The molecule has 3 aromatic rings. The van der Waals surface area contributed by atoms with E-state index in [-0.39, 0.29) is 52.8 Å². The van der Waals surface area contributed by atoms with E-state index in [1.54, 1.807) is 6.07 Å². The molecule has 6 rings (SSSR count). The van der Waals surface area contributed by atoms with E-state index in [9.17, 15) is 45.3 Å². The number of carbonyl (C=O) groups is 1. The normalized spacial score (nSPS) is 28.4. The van der Waals surface area contributed by atoms with E-state index in [1.807, 2.05) is 0 Å². The number of ether oxygens (including phenoxy) is 9. The number of carbonyl (C=O) groups excluding carboxylic acids is 1. The molecule has 3 aliphatic rings. The van der Waals surface area contributed by atoms with Crippen molar-refractivity contribution >= 4 is 16.9 Å². The SMILES string of the molecule is CCCCCCCCCCCCCCCCCC(=O)OC1C(OC2C(OC3C(Oc4ccc(-c5cc(=O)c6c(O)cc(OC)cc6o5)cc4OC)OCC(O)C3O)OCC(O)C2O)OCC(O)C1O. The molecule has 3 saturated heterocycles. The third-order valence-corrected chi connectivity index (χ3v) is 12.8. The van der Waals surface area contributed by atoms with Crippen molar-refractivity contribution in [3.63, 3.8) is 0 Å². The molecule has 2 aromatic carbocycles. The highest BCUT2D eigenvalue weighted by Crippen LogP contribution is 2.38. The van der Waals surface area contributed by atoms with Crippen molar-refractivity contribution in [1.29, 1.82) is 0 Å². The summed E-state index contributed by atoms with van der Waals surface area (Å²) in [6, 6.07) is 8.51. The van der Waals surface area contributed by atoms with Crippen molar-refractivity contribution in [1.82, 2.24) is 0 Å². The van der Waals surface area contributed by atoms with Crippen LogP contribution in [0, 0.1) is 0 Å². The fourth-order valence-corrected chi connectivity index (χ4v) is 8.76. The summed E-state index contributed by atoms with van der Waals surface area (Å²) in [6.45, 7) is 0.956. The number of aromatic hydroxyl groups is 1. The Hall–Kier alpha value is -4.12. The predicted molar refractivity (Wildman–Crippen MR) is 248 cm³/mol. The van der Waals surface area contributed by atoms with E-state index in [4.69, 9.17) is 47.0 Å². The lowest BCUT2D eigenvalue weighted by atomic mass is 10.0. The number of rotatable bonds is 26. The summed E-state index contributed by atoms with van der Waals surface area (Å²) in [5, 5.41) is 75.6. The Morgan fingerprint density at radius 3 is 1.67 bits per heavy atom. The number of benzene rings is 2. The Morgan fingerprint density at radius 1 is 0.609 bits per heavy atom. The lowest BCUT2D eigenvalue weighted by Gasteiger charge is -2.45. The summed E-state index contributed by atoms with van der Waals surface area (Å²) in [7, 11) is 2.77. The van der Waals surface area contributed by atoms with Crippen LogP contribution in [-0.4, -0.2) is 150 Å². The number of unbranched alkanes of at least 4 members (excludes halogenated alkanes) is 14. The standard InChI is InChI=1S/C50H72O19/c1-4-5-6-7-8-9-10-11-12-13-14-15-16-17-18-19-40(56)67-45-42(57)33(53)27-63-49(45)69-47-44(59)35(55)28-64-50(47)68-46-43(58)34(54)26-62-48(46)66-36-21-20-29(22-38(36)61-3)37-25-32(52)41-31(51)23-30(60-2)24-39(41)65-37/h20-25,33-35,42-51,53-55,57-59H,4-19,26-28H2,1-3H3. The molecule has 4 heterocycles. The van der Waals surface area contributed by atoms with Crippen molar-refractivity contribution in [2.45, 2.75) is 183 Å². The summed E-state index contributed by atoms with van der Waals surface area (Å²) in [4.78, 5) is 26.1. The topological polar surface area (TPSA) is 272 Å². The smallest absolute Gasteiger partial charge is 0.306 e. The highest BCUT2D eigenvalue weighted by atomic mass is 16.8. The molecule has 12 atom stereocenters. The second-order valence-electron chi connectivity index (χ2n) is 18.1. The maximum absolute atomic E-state index is 13.1. The van der Waals surface area contributed by atoms with Gasteiger partial charge in [0.1, 0.15) is 71.0 Å². The zero-order valence-electron chi connectivity index (χ0n) is 39.9. The van der Waals surface area contributed by atoms with Gasteiger partial charge in [0.15, 0.2) is 41.7 Å². The molecule has 69 heavy (non-hydrogen) atoms. The van der Waals surface area contributed by atoms with E-state index in [1.165, 1.54) is 109 Å². The van der Waals surface area contributed by atoms with E-state index >= 15 is 0 Å². The first-order valence-corrected chi connectivity index (χ1v) is 24.5. The van der Waals surface area contributed by atoms with Crippen LogP contribution < -0.4 is 19.6 Å². The van der Waals surface area contributed by atoms with Crippen molar-refractivity contribution in [3.8, 4) is 34.3 Å². The van der Waals surface area contributed by atoms with Crippen LogP contribution in [0.25, 0.3) is 22.3 Å². The summed E-state index contributed by atoms with van der Waals surface area (Å²) in [6.07, 6.45) is -1.35. The number of hydrogen-bond acceptors (Lipinski definition) is 19. The molecule has 3 fully saturated rings. The first-order chi connectivity index (χ1) is 33.3. The molecule has 0 amide bonds. The summed E-state index contributed by atoms with van der Waals surface area (Å²) in [5.41, 5.74) is -0.0507. The van der Waals surface area contributed by atoms with Crippen LogP contribution in [-0.2, 0) is 33.2 Å². The monoisotopic (exact) mass is 976 g/mol. The predicted octanol–water partition coefficient (Wildman–Crippen LogP) is 4.74. The van der Waals surface area contributed by atoms with Crippen molar-refractivity contribution < 1.29 is 87.6 Å². The van der Waals surface area contributed by atoms with E-state index in [0.29, 0.717) is 12.0 Å². The zero-order valence-corrected chi connectivity index (χ0v) is 39.9. The molecule has 0 aliphatic carbocycles. The summed E-state index contributed by atoms with van der Waals surface area (Å²) < 4.78 is 58.0. The Balaban J connectivity index is 1.06. The van der Waals surface area contributed by atoms with Crippen molar-refractivity contribution in [3.05, 3.63) is 46.6 Å². The van der Waals surface area contributed by atoms with E-state index < -0.39 is 98.4 Å². The van der Waals surface area contributed by atoms with Crippen LogP contribution in [0.15, 0.2) is 45.6 Å². The van der Waals surface area contributed by atoms with Gasteiger partial charge in [-0.25, -0.2) is 0 Å². The highest BCUT2D eigenvalue weighted by molar-refractivity contribution is 5.86. The third-order valence-electron chi connectivity index (χ3n) is 12.8. The number of methoxy groups -OCH3 is 2. The molecule has 19 nitrogen and oxygen atoms in total. The molecule has 3 aliphatic heterocycles. The van der Waals surface area contributed by atoms with Crippen LogP contribution in [0.3, 0.4) is 0 Å². The van der Waals surface area contributed by atoms with Crippen LogP contribution in [0.2, 0.25) is 0 Å². The summed E-state index contributed by atoms with van der Waals surface area (Å²) in [5.74, 6) is -0.382. The number of phenolic OH excluding ortho intramolecular Hbond substituents is 1. The highest BCUT2D eigenvalue weighted by Gasteiger charge is 2.51. The minimum Gasteiger partial charge on any atom is -0.507 e. The third kappa shape index (κ3) is 14.7. The number of aliphatic hydroxyl groups is 6. The number of esters is 1. The molecule has 1 aromatic heterocycles. The van der Waals surface area contributed by atoms with Gasteiger partial charge in [-0.2, -0.15) is 0 Å². The maximum atomic E-state index is 13.1. The van der Waals surface area contributed by atoms with Crippen LogP contribution >= 0.6 is 0 Å². The lowest BCUT2D eigenvalue weighted by molar-refractivity contribution is -0.367. The first kappa shape index (κ1) is 54.2. The zero-order chi connectivity index (χ0) is 49.5. The quantitative estimate of drug-likeness (QED) is 0.0423. The Kier molecular flexibility index (Phi) is 21.1. The minimum absolute atomic E-state index is 0.0315. The number of aliphatic hydroxyl groups excluding tert-OH is 6. The molecular formula is C50H72O19. The molecule has 19 heteroatoms. The van der Waals surface area contributed by atoms with Crippen molar-refractivity contribution in [2.75, 3.05) is 34.0 Å². The molecular weight excluding hydrogens is 905 g/mol. The Bertz CT molecular complexity index is 2100.